The van der Waals surface area contributed by atoms with Crippen molar-refractivity contribution in [2.45, 2.75) is 0 Å². The highest BCUT2D eigenvalue weighted by Crippen LogP contribution is 2.32. The van der Waals surface area contributed by atoms with Crippen LogP contribution >= 0.6 is 11.6 Å². The van der Waals surface area contributed by atoms with E-state index >= 15 is 0 Å². The van der Waals surface area contributed by atoms with Crippen LogP contribution in [-0.4, -0.2) is 30.9 Å². The molecule has 0 aliphatic carbocycles. The van der Waals surface area contributed by atoms with E-state index in [0.29, 0.717) is 0 Å². The molecule has 0 radical (unpaired) electrons. The summed E-state index contributed by atoms with van der Waals surface area (Å²) in [4.78, 5) is 2.38. The number of hydrogen-bond donors (Lipinski definition) is 0. The van der Waals surface area contributed by atoms with Crippen molar-refractivity contribution < 1.29 is 4.74 Å². The minimum Gasteiger partial charge on any atom is -0.378 e. The fourth-order valence-electron chi connectivity index (χ4n) is 2.48. The molecule has 0 saturated carbocycles. The third-order valence-corrected chi connectivity index (χ3v) is 3.69. The Kier molecular flexibility index (Phi) is 3.49. The Morgan fingerprint density at radius 2 is 1.74 bits per heavy atom. The number of aromatic nitrogens is 1. The van der Waals surface area contributed by atoms with E-state index in [4.69, 9.17) is 16.3 Å². The summed E-state index contributed by atoms with van der Waals surface area (Å²) >= 11 is 5.96. The van der Waals surface area contributed by atoms with Crippen LogP contribution in [0, 0.1) is 0 Å². The van der Waals surface area contributed by atoms with E-state index < -0.39 is 0 Å². The van der Waals surface area contributed by atoms with Crippen LogP contribution in [-0.2, 0) is 11.8 Å². The van der Waals surface area contributed by atoms with Crippen molar-refractivity contribution in [2.75, 3.05) is 31.2 Å². The summed E-state index contributed by atoms with van der Waals surface area (Å²) in [5, 5.41) is 0.771. The van der Waals surface area contributed by atoms with Gasteiger partial charge in [0.1, 0.15) is 0 Å². The molecule has 1 aromatic carbocycles. The van der Waals surface area contributed by atoms with Gasteiger partial charge in [0, 0.05) is 43.1 Å². The van der Waals surface area contributed by atoms with Crippen molar-refractivity contribution in [1.29, 1.82) is 0 Å². The van der Waals surface area contributed by atoms with Crippen LogP contribution in [0.4, 0.5) is 5.69 Å². The first-order chi connectivity index (χ1) is 9.24. The van der Waals surface area contributed by atoms with Gasteiger partial charge < -0.3 is 14.2 Å². The second kappa shape index (κ2) is 5.27. The predicted octanol–water partition coefficient (Wildman–Crippen LogP) is 3.18. The molecule has 19 heavy (non-hydrogen) atoms. The minimum atomic E-state index is 0.771. The average molecular weight is 277 g/mol. The number of ether oxygens (including phenoxy) is 1. The van der Waals surface area contributed by atoms with Gasteiger partial charge in [0.05, 0.1) is 18.9 Å². The zero-order valence-corrected chi connectivity index (χ0v) is 11.7. The SMILES string of the molecule is Cn1cc(-c2ccc(Cl)cc2)c(N2CCOCC2)c1. The van der Waals surface area contributed by atoms with E-state index in [0.717, 1.165) is 31.3 Å². The molecular formula is C15H17ClN2O. The molecule has 0 amide bonds. The zero-order chi connectivity index (χ0) is 13.2. The number of rotatable bonds is 2. The number of aryl methyl sites for hydroxylation is 1. The Bertz CT molecular complexity index is 556. The maximum Gasteiger partial charge on any atom is 0.0642 e. The number of hydrogen-bond acceptors (Lipinski definition) is 2. The number of halogens is 1. The third-order valence-electron chi connectivity index (χ3n) is 3.44. The van der Waals surface area contributed by atoms with Gasteiger partial charge in [-0.3, -0.25) is 0 Å². The minimum absolute atomic E-state index is 0.771. The van der Waals surface area contributed by atoms with Crippen LogP contribution < -0.4 is 4.90 Å². The van der Waals surface area contributed by atoms with Gasteiger partial charge in [-0.05, 0) is 17.7 Å². The molecule has 1 aliphatic rings. The first-order valence-electron chi connectivity index (χ1n) is 6.48. The van der Waals surface area contributed by atoms with Gasteiger partial charge >= 0.3 is 0 Å². The van der Waals surface area contributed by atoms with Crippen LogP contribution in [0.3, 0.4) is 0 Å². The second-order valence-corrected chi connectivity index (χ2v) is 5.27. The molecule has 0 N–H and O–H groups in total. The Morgan fingerprint density at radius 3 is 2.42 bits per heavy atom. The lowest BCUT2D eigenvalue weighted by Gasteiger charge is -2.29. The smallest absolute Gasteiger partial charge is 0.0642 e. The van der Waals surface area contributed by atoms with E-state index in [-0.39, 0.29) is 0 Å². The Morgan fingerprint density at radius 1 is 1.05 bits per heavy atom. The van der Waals surface area contributed by atoms with E-state index in [1.807, 2.05) is 12.1 Å². The summed E-state index contributed by atoms with van der Waals surface area (Å²) in [6.45, 7) is 3.50. The first kappa shape index (κ1) is 12.6. The fourth-order valence-corrected chi connectivity index (χ4v) is 2.60. The van der Waals surface area contributed by atoms with E-state index in [1.54, 1.807) is 0 Å². The molecule has 1 fully saturated rings. The molecule has 3 rings (SSSR count). The number of nitrogens with zero attached hydrogens (tertiary/aromatic N) is 2. The van der Waals surface area contributed by atoms with Gasteiger partial charge in [0.25, 0.3) is 0 Å². The maximum absolute atomic E-state index is 5.96. The fraction of sp³-hybridized carbons (Fsp3) is 0.333. The zero-order valence-electron chi connectivity index (χ0n) is 11.0. The van der Waals surface area contributed by atoms with E-state index in [9.17, 15) is 0 Å². The highest BCUT2D eigenvalue weighted by Gasteiger charge is 2.17. The van der Waals surface area contributed by atoms with Crippen molar-refractivity contribution in [3.8, 4) is 11.1 Å². The molecule has 0 atom stereocenters. The molecule has 1 saturated heterocycles. The van der Waals surface area contributed by atoms with Crippen molar-refractivity contribution in [3.63, 3.8) is 0 Å². The topological polar surface area (TPSA) is 17.4 Å². The molecule has 100 valence electrons. The lowest BCUT2D eigenvalue weighted by molar-refractivity contribution is 0.123. The van der Waals surface area contributed by atoms with Gasteiger partial charge in [-0.15, -0.1) is 0 Å². The number of benzene rings is 1. The van der Waals surface area contributed by atoms with Crippen molar-refractivity contribution in [2.24, 2.45) is 7.05 Å². The van der Waals surface area contributed by atoms with Crippen molar-refractivity contribution >= 4 is 17.3 Å². The van der Waals surface area contributed by atoms with Crippen LogP contribution in [0.25, 0.3) is 11.1 Å². The van der Waals surface area contributed by atoms with E-state index in [2.05, 4.69) is 41.0 Å². The van der Waals surface area contributed by atoms with Gasteiger partial charge in [0.15, 0.2) is 0 Å². The van der Waals surface area contributed by atoms with Gasteiger partial charge in [0.2, 0.25) is 0 Å². The first-order valence-corrected chi connectivity index (χ1v) is 6.86. The van der Waals surface area contributed by atoms with Gasteiger partial charge in [-0.2, -0.15) is 0 Å². The van der Waals surface area contributed by atoms with Gasteiger partial charge in [-0.1, -0.05) is 23.7 Å². The van der Waals surface area contributed by atoms with Crippen LogP contribution in [0.15, 0.2) is 36.7 Å². The monoisotopic (exact) mass is 276 g/mol. The molecule has 1 aromatic heterocycles. The summed E-state index contributed by atoms with van der Waals surface area (Å²) in [7, 11) is 2.06. The number of morpholine rings is 1. The summed E-state index contributed by atoms with van der Waals surface area (Å²) < 4.78 is 7.53. The maximum atomic E-state index is 5.96. The summed E-state index contributed by atoms with van der Waals surface area (Å²) in [5.74, 6) is 0. The normalized spacial score (nSPS) is 15.8. The Hall–Kier alpha value is -1.45. The molecule has 0 unspecified atom stereocenters. The number of anilines is 1. The highest BCUT2D eigenvalue weighted by molar-refractivity contribution is 6.30. The molecular weight excluding hydrogens is 260 g/mol. The predicted molar refractivity (Wildman–Crippen MR) is 78.9 cm³/mol. The molecule has 2 aromatic rings. The highest BCUT2D eigenvalue weighted by atomic mass is 35.5. The summed E-state index contributed by atoms with van der Waals surface area (Å²) in [5.41, 5.74) is 3.72. The molecule has 4 heteroatoms. The molecule has 0 bridgehead atoms. The summed E-state index contributed by atoms with van der Waals surface area (Å²) in [6.07, 6.45) is 4.34. The standard InChI is InChI=1S/C15H17ClN2O/c1-17-10-14(12-2-4-13(16)5-3-12)15(11-17)18-6-8-19-9-7-18/h2-5,10-11H,6-9H2,1H3. The largest absolute Gasteiger partial charge is 0.378 e. The van der Waals surface area contributed by atoms with Crippen LogP contribution in [0.1, 0.15) is 0 Å². The van der Waals surface area contributed by atoms with Gasteiger partial charge in [-0.25, -0.2) is 0 Å². The lowest BCUT2D eigenvalue weighted by Crippen LogP contribution is -2.36. The summed E-state index contributed by atoms with van der Waals surface area (Å²) in [6, 6.07) is 8.02. The Balaban J connectivity index is 1.98. The molecule has 3 nitrogen and oxygen atoms in total. The van der Waals surface area contributed by atoms with Crippen LogP contribution in [0.5, 0.6) is 0 Å². The quantitative estimate of drug-likeness (QED) is 0.838. The lowest BCUT2D eigenvalue weighted by atomic mass is 10.1. The molecule has 1 aliphatic heterocycles. The van der Waals surface area contributed by atoms with E-state index in [1.165, 1.54) is 16.8 Å². The molecule has 0 spiro atoms. The molecule has 2 heterocycles. The third kappa shape index (κ3) is 2.62. The van der Waals surface area contributed by atoms with Crippen LogP contribution in [0.2, 0.25) is 5.02 Å². The Labute approximate surface area is 118 Å². The average Bonchev–Trinajstić information content (AvgIpc) is 2.83. The van der Waals surface area contributed by atoms with Crippen molar-refractivity contribution in [1.82, 2.24) is 4.57 Å². The second-order valence-electron chi connectivity index (χ2n) is 4.83. The van der Waals surface area contributed by atoms with Crippen molar-refractivity contribution in [3.05, 3.63) is 41.7 Å².